The van der Waals surface area contributed by atoms with Gasteiger partial charge in [0.25, 0.3) is 0 Å². The molecule has 0 unspecified atom stereocenters. The summed E-state index contributed by atoms with van der Waals surface area (Å²) in [6.07, 6.45) is 12.5. The van der Waals surface area contributed by atoms with Crippen molar-refractivity contribution in [2.75, 3.05) is 17.6 Å². The smallest absolute Gasteiger partial charge is 0.0949 e. The standard InChI is InChI=1S/C17H24N4/c18-16-10-15(12-21-9-8-19-13-21)6-7-17(16)20-11-14-4-2-1-3-5-14/h6-10,13-14,20H,1-5,11-12,18H2. The molecule has 0 atom stereocenters. The van der Waals surface area contributed by atoms with Crippen molar-refractivity contribution in [3.05, 3.63) is 42.5 Å². The molecule has 3 N–H and O–H groups in total. The lowest BCUT2D eigenvalue weighted by molar-refractivity contribution is 0.373. The van der Waals surface area contributed by atoms with Gasteiger partial charge in [0.2, 0.25) is 0 Å². The van der Waals surface area contributed by atoms with Crippen LogP contribution in [0.4, 0.5) is 11.4 Å². The van der Waals surface area contributed by atoms with Crippen LogP contribution in [0.1, 0.15) is 37.7 Å². The van der Waals surface area contributed by atoms with E-state index in [1.54, 1.807) is 6.20 Å². The van der Waals surface area contributed by atoms with E-state index in [0.717, 1.165) is 30.4 Å². The van der Waals surface area contributed by atoms with Crippen molar-refractivity contribution < 1.29 is 0 Å². The van der Waals surface area contributed by atoms with Gasteiger partial charge in [-0.1, -0.05) is 25.3 Å². The van der Waals surface area contributed by atoms with Gasteiger partial charge in [-0.25, -0.2) is 4.98 Å². The van der Waals surface area contributed by atoms with Gasteiger partial charge in [-0.2, -0.15) is 0 Å². The first-order chi connectivity index (χ1) is 10.3. The molecule has 0 amide bonds. The third-order valence-electron chi connectivity index (χ3n) is 4.35. The van der Waals surface area contributed by atoms with E-state index in [1.165, 1.54) is 37.7 Å². The zero-order valence-electron chi connectivity index (χ0n) is 12.5. The number of nitrogen functional groups attached to an aromatic ring is 1. The van der Waals surface area contributed by atoms with E-state index >= 15 is 0 Å². The summed E-state index contributed by atoms with van der Waals surface area (Å²) in [5.74, 6) is 0.809. The van der Waals surface area contributed by atoms with Crippen LogP contribution in [0, 0.1) is 5.92 Å². The Kier molecular flexibility index (Phi) is 4.43. The Bertz CT molecular complexity index is 556. The molecule has 1 aromatic carbocycles. The molecule has 4 nitrogen and oxygen atoms in total. The Morgan fingerprint density at radius 2 is 2.10 bits per heavy atom. The van der Waals surface area contributed by atoms with E-state index in [-0.39, 0.29) is 0 Å². The van der Waals surface area contributed by atoms with Gasteiger partial charge < -0.3 is 15.6 Å². The maximum atomic E-state index is 6.18. The monoisotopic (exact) mass is 284 g/mol. The first-order valence-corrected chi connectivity index (χ1v) is 7.89. The van der Waals surface area contributed by atoms with Crippen LogP contribution in [0.5, 0.6) is 0 Å². The largest absolute Gasteiger partial charge is 0.397 e. The van der Waals surface area contributed by atoms with Crippen molar-refractivity contribution in [1.29, 1.82) is 0 Å². The molecule has 21 heavy (non-hydrogen) atoms. The van der Waals surface area contributed by atoms with E-state index in [1.807, 2.05) is 17.1 Å². The maximum absolute atomic E-state index is 6.18. The zero-order valence-corrected chi connectivity index (χ0v) is 12.5. The molecule has 3 rings (SSSR count). The van der Waals surface area contributed by atoms with Gasteiger partial charge in [0.15, 0.2) is 0 Å². The lowest BCUT2D eigenvalue weighted by Crippen LogP contribution is -2.17. The molecule has 1 fully saturated rings. The number of benzene rings is 1. The van der Waals surface area contributed by atoms with Crippen LogP contribution in [0.25, 0.3) is 0 Å². The number of nitrogens with zero attached hydrogens (tertiary/aromatic N) is 2. The van der Waals surface area contributed by atoms with Gasteiger partial charge in [0.05, 0.1) is 17.7 Å². The molecule has 0 bridgehead atoms. The molecule has 0 aliphatic heterocycles. The van der Waals surface area contributed by atoms with Crippen LogP contribution in [0.2, 0.25) is 0 Å². The van der Waals surface area contributed by atoms with Gasteiger partial charge in [-0.3, -0.25) is 0 Å². The highest BCUT2D eigenvalue weighted by molar-refractivity contribution is 5.67. The van der Waals surface area contributed by atoms with E-state index in [0.29, 0.717) is 0 Å². The normalized spacial score (nSPS) is 16.0. The second-order valence-corrected chi connectivity index (χ2v) is 6.04. The van der Waals surface area contributed by atoms with Crippen LogP contribution in [-0.4, -0.2) is 16.1 Å². The lowest BCUT2D eigenvalue weighted by atomic mass is 9.89. The summed E-state index contributed by atoms with van der Waals surface area (Å²) in [5, 5.41) is 3.52. The van der Waals surface area contributed by atoms with Gasteiger partial charge in [0.1, 0.15) is 0 Å². The van der Waals surface area contributed by atoms with E-state index in [9.17, 15) is 0 Å². The van der Waals surface area contributed by atoms with Crippen molar-refractivity contribution in [1.82, 2.24) is 9.55 Å². The number of nitrogens with two attached hydrogens (primary N) is 1. The predicted molar refractivity (Wildman–Crippen MR) is 87.2 cm³/mol. The summed E-state index contributed by atoms with van der Waals surface area (Å²) in [7, 11) is 0. The summed E-state index contributed by atoms with van der Waals surface area (Å²) < 4.78 is 2.05. The maximum Gasteiger partial charge on any atom is 0.0949 e. The Labute approximate surface area is 126 Å². The first kappa shape index (κ1) is 14.0. The number of hydrogen-bond acceptors (Lipinski definition) is 3. The van der Waals surface area contributed by atoms with Crippen molar-refractivity contribution in [3.8, 4) is 0 Å². The van der Waals surface area contributed by atoms with E-state index in [4.69, 9.17) is 5.73 Å². The highest BCUT2D eigenvalue weighted by Crippen LogP contribution is 2.26. The quantitative estimate of drug-likeness (QED) is 0.826. The number of aromatic nitrogens is 2. The molecule has 1 aromatic heterocycles. The SMILES string of the molecule is Nc1cc(Cn2ccnc2)ccc1NCC1CCCCC1. The molecule has 4 heteroatoms. The minimum atomic E-state index is 0.809. The van der Waals surface area contributed by atoms with Gasteiger partial charge in [-0.05, 0) is 36.5 Å². The molecular weight excluding hydrogens is 260 g/mol. The number of hydrogen-bond donors (Lipinski definition) is 2. The first-order valence-electron chi connectivity index (χ1n) is 7.89. The minimum absolute atomic E-state index is 0.809. The van der Waals surface area contributed by atoms with E-state index < -0.39 is 0 Å². The van der Waals surface area contributed by atoms with Crippen LogP contribution >= 0.6 is 0 Å². The van der Waals surface area contributed by atoms with Crippen molar-refractivity contribution in [2.24, 2.45) is 5.92 Å². The molecule has 112 valence electrons. The summed E-state index contributed by atoms with van der Waals surface area (Å²) >= 11 is 0. The average Bonchev–Trinajstić information content (AvgIpc) is 3.00. The van der Waals surface area contributed by atoms with Gasteiger partial charge >= 0.3 is 0 Å². The molecule has 1 aliphatic rings. The van der Waals surface area contributed by atoms with Crippen LogP contribution < -0.4 is 11.1 Å². The van der Waals surface area contributed by atoms with Gasteiger partial charge in [0, 0.05) is 25.5 Å². The summed E-state index contributed by atoms with van der Waals surface area (Å²) in [5.41, 5.74) is 9.28. The Balaban J connectivity index is 1.58. The third-order valence-corrected chi connectivity index (χ3v) is 4.35. The zero-order chi connectivity index (χ0) is 14.5. The van der Waals surface area contributed by atoms with Gasteiger partial charge in [-0.15, -0.1) is 0 Å². The number of imidazole rings is 1. The highest BCUT2D eigenvalue weighted by Gasteiger charge is 2.13. The third kappa shape index (κ3) is 3.78. The molecule has 0 spiro atoms. The second-order valence-electron chi connectivity index (χ2n) is 6.04. The van der Waals surface area contributed by atoms with Crippen LogP contribution in [0.15, 0.2) is 36.9 Å². The minimum Gasteiger partial charge on any atom is -0.397 e. The topological polar surface area (TPSA) is 55.9 Å². The summed E-state index contributed by atoms with van der Waals surface area (Å²) in [6, 6.07) is 6.30. The van der Waals surface area contributed by atoms with Crippen molar-refractivity contribution in [2.45, 2.75) is 38.6 Å². The van der Waals surface area contributed by atoms with Crippen molar-refractivity contribution >= 4 is 11.4 Å². The fourth-order valence-electron chi connectivity index (χ4n) is 3.11. The molecule has 1 saturated carbocycles. The fraction of sp³-hybridized carbons (Fsp3) is 0.471. The van der Waals surface area contributed by atoms with Crippen LogP contribution in [-0.2, 0) is 6.54 Å². The molecule has 0 saturated heterocycles. The number of rotatable bonds is 5. The lowest BCUT2D eigenvalue weighted by Gasteiger charge is -2.22. The highest BCUT2D eigenvalue weighted by atomic mass is 15.0. The average molecular weight is 284 g/mol. The summed E-state index contributed by atoms with van der Waals surface area (Å²) in [4.78, 5) is 4.06. The van der Waals surface area contributed by atoms with E-state index in [2.05, 4.69) is 28.5 Å². The molecule has 0 radical (unpaired) electrons. The number of nitrogens with one attached hydrogen (secondary N) is 1. The Morgan fingerprint density at radius 3 is 2.81 bits per heavy atom. The molecule has 2 aromatic rings. The van der Waals surface area contributed by atoms with Crippen molar-refractivity contribution in [3.63, 3.8) is 0 Å². The molecule has 1 aliphatic carbocycles. The fourth-order valence-corrected chi connectivity index (χ4v) is 3.11. The Hall–Kier alpha value is -1.97. The molecule has 1 heterocycles. The summed E-state index contributed by atoms with van der Waals surface area (Å²) in [6.45, 7) is 1.86. The number of anilines is 2. The molecular formula is C17H24N4. The van der Waals surface area contributed by atoms with Crippen LogP contribution in [0.3, 0.4) is 0 Å². The second kappa shape index (κ2) is 6.66. The predicted octanol–water partition coefficient (Wildman–Crippen LogP) is 3.51. The Morgan fingerprint density at radius 1 is 1.24 bits per heavy atom.